The van der Waals surface area contributed by atoms with Crippen LogP contribution in [0, 0.1) is 0 Å². The minimum absolute atomic E-state index is 0. The molecule has 0 aliphatic rings. The number of nitrogens with two attached hydrogens (primary N) is 1. The Morgan fingerprint density at radius 3 is 2.00 bits per heavy atom. The predicted molar refractivity (Wildman–Crippen MR) is 39.3 cm³/mol. The van der Waals surface area contributed by atoms with Crippen molar-refractivity contribution >= 4 is 24.0 Å². The Kier molecular flexibility index (Phi) is 8.74. The van der Waals surface area contributed by atoms with Crippen molar-refractivity contribution in [3.63, 3.8) is 0 Å². The van der Waals surface area contributed by atoms with Gasteiger partial charge in [0.05, 0.1) is 0 Å². The fraction of sp³-hybridized carbons (Fsp3) is 0.500. The van der Waals surface area contributed by atoms with Crippen LogP contribution >= 0.6 is 24.0 Å². The molecule has 0 aliphatic heterocycles. The highest BCUT2D eigenvalue weighted by Gasteiger charge is 1.73. The molecule has 0 saturated carbocycles. The molecule has 1 atom stereocenters. The van der Waals surface area contributed by atoms with E-state index < -0.39 is 0 Å². The van der Waals surface area contributed by atoms with Crippen LogP contribution in [0.3, 0.4) is 0 Å². The summed E-state index contributed by atoms with van der Waals surface area (Å²) in [6.07, 6.45) is 1.69. The molecular weight excluding hydrogens is 189 g/mol. The highest BCUT2D eigenvalue weighted by Crippen LogP contribution is 1.67. The summed E-state index contributed by atoms with van der Waals surface area (Å²) < 4.78 is 0. The SMILES string of the molecule is C=CC(C)N.I. The van der Waals surface area contributed by atoms with Crippen LogP contribution in [0.2, 0.25) is 0 Å². The number of halogens is 1. The molecule has 2 N–H and O–H groups in total. The van der Waals surface area contributed by atoms with Gasteiger partial charge in [0.1, 0.15) is 0 Å². The zero-order chi connectivity index (χ0) is 4.28. The van der Waals surface area contributed by atoms with Crippen molar-refractivity contribution < 1.29 is 0 Å². The predicted octanol–water partition coefficient (Wildman–Crippen LogP) is 1.14. The first-order chi connectivity index (χ1) is 2.27. The Bertz CT molecular complexity index is 34.5. The largest absolute Gasteiger partial charge is 0.325 e. The van der Waals surface area contributed by atoms with Crippen molar-refractivity contribution in [2.24, 2.45) is 5.73 Å². The lowest BCUT2D eigenvalue weighted by Gasteiger charge is -1.85. The van der Waals surface area contributed by atoms with Crippen molar-refractivity contribution in [3.05, 3.63) is 12.7 Å². The van der Waals surface area contributed by atoms with Crippen molar-refractivity contribution in [2.45, 2.75) is 13.0 Å². The molecule has 1 unspecified atom stereocenters. The molecule has 0 spiro atoms. The van der Waals surface area contributed by atoms with Crippen molar-refractivity contribution in [2.75, 3.05) is 0 Å². The molecule has 0 radical (unpaired) electrons. The summed E-state index contributed by atoms with van der Waals surface area (Å²) in [5.41, 5.74) is 5.17. The van der Waals surface area contributed by atoms with Crippen LogP contribution in [-0.2, 0) is 0 Å². The van der Waals surface area contributed by atoms with Crippen LogP contribution in [0.25, 0.3) is 0 Å². The maximum Gasteiger partial charge on any atom is 0.0192 e. The van der Waals surface area contributed by atoms with Crippen LogP contribution in [0.4, 0.5) is 0 Å². The molecule has 0 amide bonds. The highest BCUT2D eigenvalue weighted by molar-refractivity contribution is 14.0. The molecular formula is C4H10IN. The fourth-order valence-electron chi connectivity index (χ4n) is 0. The molecule has 0 aromatic carbocycles. The van der Waals surface area contributed by atoms with Gasteiger partial charge in [-0.15, -0.1) is 30.6 Å². The Balaban J connectivity index is 0. The summed E-state index contributed by atoms with van der Waals surface area (Å²) in [5.74, 6) is 0. The zero-order valence-electron chi connectivity index (χ0n) is 3.85. The first-order valence-electron chi connectivity index (χ1n) is 1.65. The van der Waals surface area contributed by atoms with Crippen molar-refractivity contribution in [3.8, 4) is 0 Å². The van der Waals surface area contributed by atoms with Gasteiger partial charge in [-0.25, -0.2) is 0 Å². The molecule has 1 nitrogen and oxygen atoms in total. The maximum absolute atomic E-state index is 5.17. The average molecular weight is 199 g/mol. The van der Waals surface area contributed by atoms with Gasteiger partial charge in [-0.2, -0.15) is 0 Å². The van der Waals surface area contributed by atoms with E-state index >= 15 is 0 Å². The van der Waals surface area contributed by atoms with E-state index in [0.29, 0.717) is 0 Å². The highest BCUT2D eigenvalue weighted by atomic mass is 127. The number of hydrogen-bond acceptors (Lipinski definition) is 1. The summed E-state index contributed by atoms with van der Waals surface area (Å²) >= 11 is 0. The lowest BCUT2D eigenvalue weighted by Crippen LogP contribution is -2.09. The third kappa shape index (κ3) is 8.83. The summed E-state index contributed by atoms with van der Waals surface area (Å²) in [6.45, 7) is 5.32. The van der Waals surface area contributed by atoms with E-state index in [1.165, 1.54) is 0 Å². The van der Waals surface area contributed by atoms with Crippen molar-refractivity contribution in [1.29, 1.82) is 0 Å². The molecule has 2 heteroatoms. The summed E-state index contributed by atoms with van der Waals surface area (Å²) in [5, 5.41) is 0. The third-order valence-electron chi connectivity index (χ3n) is 0.372. The molecule has 0 aromatic rings. The van der Waals surface area contributed by atoms with Gasteiger partial charge >= 0.3 is 0 Å². The second-order valence-electron chi connectivity index (χ2n) is 1.09. The van der Waals surface area contributed by atoms with Gasteiger partial charge < -0.3 is 5.73 Å². The van der Waals surface area contributed by atoms with E-state index in [1.807, 2.05) is 6.92 Å². The monoisotopic (exact) mass is 199 g/mol. The van der Waals surface area contributed by atoms with Crippen LogP contribution in [-0.4, -0.2) is 6.04 Å². The van der Waals surface area contributed by atoms with Crippen molar-refractivity contribution in [1.82, 2.24) is 0 Å². The fourth-order valence-corrected chi connectivity index (χ4v) is 0. The molecule has 0 saturated heterocycles. The van der Waals surface area contributed by atoms with Crippen LogP contribution in [0.5, 0.6) is 0 Å². The average Bonchev–Trinajstić information content (AvgIpc) is 1.38. The van der Waals surface area contributed by atoms with Gasteiger partial charge in [-0.1, -0.05) is 6.08 Å². The Labute approximate surface area is 55.6 Å². The molecule has 0 bridgehead atoms. The second-order valence-corrected chi connectivity index (χ2v) is 1.09. The van der Waals surface area contributed by atoms with E-state index in [4.69, 9.17) is 5.73 Å². The second kappa shape index (κ2) is 5.43. The van der Waals surface area contributed by atoms with Gasteiger partial charge in [-0.05, 0) is 6.92 Å². The topological polar surface area (TPSA) is 26.0 Å². The smallest absolute Gasteiger partial charge is 0.0192 e. The van der Waals surface area contributed by atoms with Gasteiger partial charge in [0, 0.05) is 6.04 Å². The maximum atomic E-state index is 5.17. The zero-order valence-corrected chi connectivity index (χ0v) is 6.18. The molecule has 38 valence electrons. The molecule has 0 aromatic heterocycles. The molecule has 6 heavy (non-hydrogen) atoms. The first-order valence-corrected chi connectivity index (χ1v) is 1.65. The quantitative estimate of drug-likeness (QED) is 0.497. The van der Waals surface area contributed by atoms with E-state index in [-0.39, 0.29) is 30.0 Å². The lowest BCUT2D eigenvalue weighted by molar-refractivity contribution is 0.929. The number of hydrogen-bond donors (Lipinski definition) is 1. The van der Waals surface area contributed by atoms with E-state index in [9.17, 15) is 0 Å². The minimum Gasteiger partial charge on any atom is -0.325 e. The minimum atomic E-state index is 0. The Morgan fingerprint density at radius 1 is 1.83 bits per heavy atom. The van der Waals surface area contributed by atoms with Gasteiger partial charge in [-0.3, -0.25) is 0 Å². The summed E-state index contributed by atoms with van der Waals surface area (Å²) in [4.78, 5) is 0. The Hall–Kier alpha value is 0.430. The van der Waals surface area contributed by atoms with E-state index in [2.05, 4.69) is 6.58 Å². The third-order valence-corrected chi connectivity index (χ3v) is 0.372. The van der Waals surface area contributed by atoms with Crippen LogP contribution < -0.4 is 5.73 Å². The molecule has 0 aliphatic carbocycles. The van der Waals surface area contributed by atoms with Crippen LogP contribution in [0.1, 0.15) is 6.92 Å². The van der Waals surface area contributed by atoms with E-state index in [1.54, 1.807) is 6.08 Å². The Morgan fingerprint density at radius 2 is 2.00 bits per heavy atom. The molecule has 0 fully saturated rings. The van der Waals surface area contributed by atoms with Crippen LogP contribution in [0.15, 0.2) is 12.7 Å². The summed E-state index contributed by atoms with van der Waals surface area (Å²) in [6, 6.07) is 0.148. The van der Waals surface area contributed by atoms with Gasteiger partial charge in [0.15, 0.2) is 0 Å². The molecule has 0 rings (SSSR count). The van der Waals surface area contributed by atoms with Gasteiger partial charge in [0.25, 0.3) is 0 Å². The number of rotatable bonds is 1. The first kappa shape index (κ1) is 9.66. The summed E-state index contributed by atoms with van der Waals surface area (Å²) in [7, 11) is 0. The van der Waals surface area contributed by atoms with E-state index in [0.717, 1.165) is 0 Å². The molecule has 0 heterocycles. The normalized spacial score (nSPS) is 11.7. The standard InChI is InChI=1S/C4H9N.HI/c1-3-4(2)5;/h3-4H,1,5H2,2H3;1H. The van der Waals surface area contributed by atoms with Gasteiger partial charge in [0.2, 0.25) is 0 Å². The lowest BCUT2D eigenvalue weighted by atomic mass is 10.4.